The SMILES string of the molecule is O=C1CN2CCCCC2C2Nc3ccccc3C12. The molecular weight excluding hydrogens is 224 g/mol. The Morgan fingerprint density at radius 1 is 1.22 bits per heavy atom. The Morgan fingerprint density at radius 3 is 3.06 bits per heavy atom. The summed E-state index contributed by atoms with van der Waals surface area (Å²) in [5.74, 6) is 0.496. The van der Waals surface area contributed by atoms with Crippen molar-refractivity contribution in [3.8, 4) is 0 Å². The van der Waals surface area contributed by atoms with E-state index in [9.17, 15) is 4.79 Å². The van der Waals surface area contributed by atoms with Crippen molar-refractivity contribution in [2.45, 2.75) is 37.3 Å². The third-order valence-electron chi connectivity index (χ3n) is 4.76. The quantitative estimate of drug-likeness (QED) is 0.755. The van der Waals surface area contributed by atoms with Crippen LogP contribution in [0.25, 0.3) is 0 Å². The van der Waals surface area contributed by atoms with Crippen molar-refractivity contribution in [3.63, 3.8) is 0 Å². The van der Waals surface area contributed by atoms with Gasteiger partial charge < -0.3 is 5.32 Å². The van der Waals surface area contributed by atoms with Crippen LogP contribution in [0.2, 0.25) is 0 Å². The molecular formula is C15H18N2O. The molecule has 0 amide bonds. The Labute approximate surface area is 107 Å². The molecule has 3 nitrogen and oxygen atoms in total. The largest absolute Gasteiger partial charge is 0.379 e. The van der Waals surface area contributed by atoms with Crippen molar-refractivity contribution in [1.82, 2.24) is 4.90 Å². The highest BCUT2D eigenvalue weighted by Crippen LogP contribution is 2.43. The smallest absolute Gasteiger partial charge is 0.156 e. The maximum Gasteiger partial charge on any atom is 0.156 e. The van der Waals surface area contributed by atoms with E-state index in [1.165, 1.54) is 30.5 Å². The molecule has 3 heterocycles. The van der Waals surface area contributed by atoms with E-state index < -0.39 is 0 Å². The fraction of sp³-hybridized carbons (Fsp3) is 0.533. The van der Waals surface area contributed by atoms with Crippen molar-refractivity contribution in [2.24, 2.45) is 0 Å². The van der Waals surface area contributed by atoms with Crippen LogP contribution in [0, 0.1) is 0 Å². The van der Waals surface area contributed by atoms with Gasteiger partial charge in [0.05, 0.1) is 18.5 Å². The summed E-state index contributed by atoms with van der Waals surface area (Å²) in [4.78, 5) is 14.8. The van der Waals surface area contributed by atoms with Crippen LogP contribution in [-0.2, 0) is 4.79 Å². The number of carbonyl (C=O) groups is 1. The fourth-order valence-electron chi connectivity index (χ4n) is 3.97. The van der Waals surface area contributed by atoms with E-state index in [1.54, 1.807) is 0 Å². The first-order valence-corrected chi connectivity index (χ1v) is 6.97. The van der Waals surface area contributed by atoms with Gasteiger partial charge in [-0.3, -0.25) is 9.69 Å². The predicted molar refractivity (Wildman–Crippen MR) is 70.8 cm³/mol. The number of Topliss-reactive ketones (excluding diaryl/α,β-unsaturated/α-hetero) is 1. The van der Waals surface area contributed by atoms with Crippen molar-refractivity contribution in [1.29, 1.82) is 0 Å². The molecule has 0 aromatic heterocycles. The molecule has 3 atom stereocenters. The maximum atomic E-state index is 12.4. The number of anilines is 1. The summed E-state index contributed by atoms with van der Waals surface area (Å²) in [6.45, 7) is 1.75. The first-order valence-electron chi connectivity index (χ1n) is 6.97. The van der Waals surface area contributed by atoms with Crippen LogP contribution in [0.5, 0.6) is 0 Å². The minimum atomic E-state index is 0.0977. The minimum Gasteiger partial charge on any atom is -0.379 e. The van der Waals surface area contributed by atoms with Gasteiger partial charge >= 0.3 is 0 Å². The highest BCUT2D eigenvalue weighted by atomic mass is 16.1. The lowest BCUT2D eigenvalue weighted by atomic mass is 9.79. The second-order valence-corrected chi connectivity index (χ2v) is 5.73. The third-order valence-corrected chi connectivity index (χ3v) is 4.76. The van der Waals surface area contributed by atoms with Crippen molar-refractivity contribution >= 4 is 11.5 Å². The molecule has 3 aliphatic heterocycles. The summed E-state index contributed by atoms with van der Waals surface area (Å²) >= 11 is 0. The molecule has 1 N–H and O–H groups in total. The van der Waals surface area contributed by atoms with Crippen LogP contribution < -0.4 is 5.32 Å². The van der Waals surface area contributed by atoms with E-state index in [2.05, 4.69) is 22.3 Å². The van der Waals surface area contributed by atoms with Gasteiger partial charge in [-0.2, -0.15) is 0 Å². The molecule has 0 spiro atoms. The summed E-state index contributed by atoms with van der Waals surface area (Å²) in [6, 6.07) is 9.17. The molecule has 0 radical (unpaired) electrons. The van der Waals surface area contributed by atoms with Crippen molar-refractivity contribution in [3.05, 3.63) is 29.8 Å². The van der Waals surface area contributed by atoms with Crippen LogP contribution in [0.3, 0.4) is 0 Å². The zero-order valence-electron chi connectivity index (χ0n) is 10.4. The first-order chi connectivity index (χ1) is 8.84. The number of rotatable bonds is 0. The highest BCUT2D eigenvalue weighted by molar-refractivity contribution is 5.93. The van der Waals surface area contributed by atoms with Gasteiger partial charge in [-0.1, -0.05) is 24.6 Å². The number of nitrogens with zero attached hydrogens (tertiary/aromatic N) is 1. The Balaban J connectivity index is 1.74. The lowest BCUT2D eigenvalue weighted by Crippen LogP contribution is -2.58. The van der Waals surface area contributed by atoms with Crippen LogP contribution >= 0.6 is 0 Å². The summed E-state index contributed by atoms with van der Waals surface area (Å²) in [7, 11) is 0. The molecule has 4 rings (SSSR count). The molecule has 0 saturated carbocycles. The number of hydrogen-bond acceptors (Lipinski definition) is 3. The Bertz CT molecular complexity index is 499. The van der Waals surface area contributed by atoms with Crippen molar-refractivity contribution < 1.29 is 4.79 Å². The number of carbonyl (C=O) groups excluding carboxylic acids is 1. The molecule has 1 aromatic carbocycles. The van der Waals surface area contributed by atoms with Gasteiger partial charge in [0.1, 0.15) is 0 Å². The molecule has 18 heavy (non-hydrogen) atoms. The molecule has 94 valence electrons. The number of piperidine rings is 2. The van der Waals surface area contributed by atoms with Gasteiger partial charge in [0.2, 0.25) is 0 Å². The monoisotopic (exact) mass is 242 g/mol. The number of para-hydroxylation sites is 1. The zero-order chi connectivity index (χ0) is 12.1. The van der Waals surface area contributed by atoms with Crippen LogP contribution in [0.1, 0.15) is 30.7 Å². The van der Waals surface area contributed by atoms with Gasteiger partial charge in [-0.25, -0.2) is 0 Å². The van der Waals surface area contributed by atoms with Crippen LogP contribution in [0.15, 0.2) is 24.3 Å². The second-order valence-electron chi connectivity index (χ2n) is 5.73. The molecule has 3 aliphatic rings. The van der Waals surface area contributed by atoms with Gasteiger partial charge in [-0.15, -0.1) is 0 Å². The zero-order valence-corrected chi connectivity index (χ0v) is 10.4. The Hall–Kier alpha value is -1.35. The van der Waals surface area contributed by atoms with Crippen LogP contribution in [-0.4, -0.2) is 35.9 Å². The molecule has 3 unspecified atom stereocenters. The number of benzene rings is 1. The van der Waals surface area contributed by atoms with Gasteiger partial charge in [0, 0.05) is 11.7 Å². The van der Waals surface area contributed by atoms with E-state index in [0.29, 0.717) is 24.4 Å². The number of nitrogens with one attached hydrogen (secondary N) is 1. The van der Waals surface area contributed by atoms with Crippen molar-refractivity contribution in [2.75, 3.05) is 18.4 Å². The van der Waals surface area contributed by atoms with Gasteiger partial charge in [0.15, 0.2) is 5.78 Å². The lowest BCUT2D eigenvalue weighted by molar-refractivity contribution is -0.126. The summed E-state index contributed by atoms with van der Waals surface area (Å²) in [5, 5.41) is 3.60. The van der Waals surface area contributed by atoms with E-state index in [1.807, 2.05) is 12.1 Å². The Morgan fingerprint density at radius 2 is 2.11 bits per heavy atom. The van der Waals surface area contributed by atoms with Crippen LogP contribution in [0.4, 0.5) is 5.69 Å². The van der Waals surface area contributed by atoms with E-state index >= 15 is 0 Å². The van der Waals surface area contributed by atoms with Gasteiger partial charge in [-0.05, 0) is 31.0 Å². The number of hydrogen-bond donors (Lipinski definition) is 1. The summed E-state index contributed by atoms with van der Waals surface area (Å²) in [6.07, 6.45) is 3.78. The topological polar surface area (TPSA) is 32.3 Å². The second kappa shape index (κ2) is 3.82. The molecule has 1 aromatic rings. The average Bonchev–Trinajstić information content (AvgIpc) is 2.79. The lowest BCUT2D eigenvalue weighted by Gasteiger charge is -2.44. The molecule has 0 aliphatic carbocycles. The standard InChI is InChI=1S/C15H18N2O/c18-13-9-17-8-4-3-7-12(17)15-14(13)10-5-1-2-6-11(10)16-15/h1-2,5-6,12,14-16H,3-4,7-9H2. The minimum absolute atomic E-state index is 0.0977. The van der Waals surface area contributed by atoms with E-state index in [4.69, 9.17) is 0 Å². The molecule has 2 fully saturated rings. The maximum absolute atomic E-state index is 12.4. The van der Waals surface area contributed by atoms with Gasteiger partial charge in [0.25, 0.3) is 0 Å². The Kier molecular flexibility index (Phi) is 2.24. The number of fused-ring (bicyclic) bond motifs is 5. The van der Waals surface area contributed by atoms with E-state index in [0.717, 1.165) is 6.54 Å². The molecule has 2 saturated heterocycles. The predicted octanol–water partition coefficient (Wildman–Crippen LogP) is 2.00. The average molecular weight is 242 g/mol. The molecule has 3 heteroatoms. The normalized spacial score (nSPS) is 34.4. The fourth-order valence-corrected chi connectivity index (χ4v) is 3.97. The highest BCUT2D eigenvalue weighted by Gasteiger charge is 2.47. The summed E-state index contributed by atoms with van der Waals surface area (Å²) in [5.41, 5.74) is 2.39. The number of ketones is 1. The molecule has 0 bridgehead atoms. The third kappa shape index (κ3) is 1.37. The summed E-state index contributed by atoms with van der Waals surface area (Å²) < 4.78 is 0. The van der Waals surface area contributed by atoms with E-state index in [-0.39, 0.29) is 5.92 Å². The first kappa shape index (κ1) is 10.6.